The summed E-state index contributed by atoms with van der Waals surface area (Å²) in [5, 5.41) is 11.3. The molecule has 1 saturated heterocycles. The molecule has 152 valence electrons. The predicted octanol–water partition coefficient (Wildman–Crippen LogP) is 3.00. The van der Waals surface area contributed by atoms with Crippen LogP contribution in [-0.4, -0.2) is 55.0 Å². The summed E-state index contributed by atoms with van der Waals surface area (Å²) < 4.78 is 5.19. The smallest absolute Gasteiger partial charge is 0.338 e. The summed E-state index contributed by atoms with van der Waals surface area (Å²) in [4.78, 5) is 39.2. The molecule has 1 saturated carbocycles. The summed E-state index contributed by atoms with van der Waals surface area (Å²) in [5.41, 5.74) is 0.292. The third-order valence-corrected chi connectivity index (χ3v) is 5.78. The molecule has 1 aromatic rings. The summed E-state index contributed by atoms with van der Waals surface area (Å²) in [6, 6.07) is 4.44. The Kier molecular flexibility index (Phi) is 6.16. The van der Waals surface area contributed by atoms with Crippen molar-refractivity contribution in [3.05, 3.63) is 33.9 Å². The van der Waals surface area contributed by atoms with Crippen LogP contribution in [0.2, 0.25) is 0 Å². The van der Waals surface area contributed by atoms with Gasteiger partial charge in [0, 0.05) is 32.7 Å². The van der Waals surface area contributed by atoms with E-state index in [1.807, 2.05) is 4.90 Å². The first-order chi connectivity index (χ1) is 13.4. The van der Waals surface area contributed by atoms with E-state index >= 15 is 0 Å². The van der Waals surface area contributed by atoms with Crippen molar-refractivity contribution in [3.8, 4) is 0 Å². The minimum Gasteiger partial charge on any atom is -0.452 e. The number of nitro benzene ring substituents is 1. The number of carbonyl (C=O) groups excluding carboxylic acids is 2. The van der Waals surface area contributed by atoms with E-state index in [0.29, 0.717) is 18.2 Å². The van der Waals surface area contributed by atoms with Crippen molar-refractivity contribution in [1.82, 2.24) is 4.90 Å². The maximum Gasteiger partial charge on any atom is 0.338 e. The van der Waals surface area contributed by atoms with Crippen molar-refractivity contribution < 1.29 is 19.2 Å². The lowest BCUT2D eigenvalue weighted by molar-refractivity contribution is -0.384. The van der Waals surface area contributed by atoms with E-state index in [4.69, 9.17) is 4.74 Å². The van der Waals surface area contributed by atoms with Gasteiger partial charge in [0.2, 0.25) is 0 Å². The normalized spacial score (nSPS) is 21.6. The minimum atomic E-state index is -0.723. The van der Waals surface area contributed by atoms with Crippen LogP contribution in [0.4, 0.5) is 11.4 Å². The van der Waals surface area contributed by atoms with Gasteiger partial charge >= 0.3 is 5.97 Å². The molecule has 8 nitrogen and oxygen atoms in total. The van der Waals surface area contributed by atoms with Crippen LogP contribution in [0.5, 0.6) is 0 Å². The summed E-state index contributed by atoms with van der Waals surface area (Å²) in [6.07, 6.45) is 6.68. The predicted molar refractivity (Wildman–Crippen MR) is 104 cm³/mol. The SMILES string of the molecule is CN(C)c1ccc(C(=O)OCC(=O)N2CCC[C@H]3CCCC[C@H]32)cc1[N+](=O)[O-]. The molecule has 0 bridgehead atoms. The van der Waals surface area contributed by atoms with E-state index < -0.39 is 10.9 Å². The molecule has 3 rings (SSSR count). The number of esters is 1. The Hall–Kier alpha value is -2.64. The average molecular weight is 389 g/mol. The van der Waals surface area contributed by atoms with Gasteiger partial charge in [0.25, 0.3) is 11.6 Å². The summed E-state index contributed by atoms with van der Waals surface area (Å²) in [5.74, 6) is -0.341. The number of ether oxygens (including phenoxy) is 1. The fourth-order valence-corrected chi connectivity index (χ4v) is 4.40. The summed E-state index contributed by atoms with van der Waals surface area (Å²) >= 11 is 0. The number of benzene rings is 1. The van der Waals surface area contributed by atoms with Crippen LogP contribution in [0.1, 0.15) is 48.9 Å². The first-order valence-electron chi connectivity index (χ1n) is 9.81. The summed E-state index contributed by atoms with van der Waals surface area (Å²) in [6.45, 7) is 0.381. The molecule has 1 aliphatic heterocycles. The van der Waals surface area contributed by atoms with Crippen LogP contribution < -0.4 is 4.90 Å². The fraction of sp³-hybridized carbons (Fsp3) is 0.600. The lowest BCUT2D eigenvalue weighted by Crippen LogP contribution is -2.50. The molecule has 1 amide bonds. The van der Waals surface area contributed by atoms with Gasteiger partial charge in [-0.2, -0.15) is 0 Å². The first kappa shape index (κ1) is 20.1. The van der Waals surface area contributed by atoms with Gasteiger partial charge in [0.1, 0.15) is 5.69 Å². The van der Waals surface area contributed by atoms with Crippen molar-refractivity contribution >= 4 is 23.3 Å². The number of piperidine rings is 1. The molecule has 1 heterocycles. The van der Waals surface area contributed by atoms with E-state index in [9.17, 15) is 19.7 Å². The molecule has 28 heavy (non-hydrogen) atoms. The van der Waals surface area contributed by atoms with Crippen molar-refractivity contribution in [1.29, 1.82) is 0 Å². The molecule has 0 aromatic heterocycles. The molecule has 8 heteroatoms. The van der Waals surface area contributed by atoms with Crippen LogP contribution in [0.15, 0.2) is 18.2 Å². The number of anilines is 1. The van der Waals surface area contributed by atoms with Crippen LogP contribution in [0.25, 0.3) is 0 Å². The quantitative estimate of drug-likeness (QED) is 0.437. The van der Waals surface area contributed by atoms with E-state index in [-0.39, 0.29) is 29.8 Å². The molecule has 0 unspecified atom stereocenters. The number of fused-ring (bicyclic) bond motifs is 1. The lowest BCUT2D eigenvalue weighted by atomic mass is 9.78. The maximum atomic E-state index is 12.6. The molecule has 2 atom stereocenters. The van der Waals surface area contributed by atoms with Gasteiger partial charge in [-0.15, -0.1) is 0 Å². The molecule has 2 fully saturated rings. The Labute approximate surface area is 164 Å². The number of nitro groups is 1. The van der Waals surface area contributed by atoms with Crippen molar-refractivity contribution in [3.63, 3.8) is 0 Å². The van der Waals surface area contributed by atoms with E-state index in [0.717, 1.165) is 32.1 Å². The fourth-order valence-electron chi connectivity index (χ4n) is 4.40. The maximum absolute atomic E-state index is 12.6. The van der Waals surface area contributed by atoms with Gasteiger partial charge < -0.3 is 14.5 Å². The van der Waals surface area contributed by atoms with E-state index in [1.165, 1.54) is 24.6 Å². The number of nitrogens with zero attached hydrogens (tertiary/aromatic N) is 3. The van der Waals surface area contributed by atoms with Gasteiger partial charge in [-0.25, -0.2) is 4.79 Å². The molecule has 1 aliphatic carbocycles. The lowest BCUT2D eigenvalue weighted by Gasteiger charge is -2.44. The number of hydrogen-bond acceptors (Lipinski definition) is 6. The van der Waals surface area contributed by atoms with E-state index in [2.05, 4.69) is 0 Å². The highest BCUT2D eigenvalue weighted by Crippen LogP contribution is 2.35. The Morgan fingerprint density at radius 1 is 1.21 bits per heavy atom. The third-order valence-electron chi connectivity index (χ3n) is 5.78. The van der Waals surface area contributed by atoms with Crippen LogP contribution in [0, 0.1) is 16.0 Å². The number of amides is 1. The number of hydrogen-bond donors (Lipinski definition) is 0. The average Bonchev–Trinajstić information content (AvgIpc) is 2.70. The molecule has 2 aliphatic rings. The highest BCUT2D eigenvalue weighted by Gasteiger charge is 2.35. The second-order valence-corrected chi connectivity index (χ2v) is 7.77. The van der Waals surface area contributed by atoms with Crippen LogP contribution in [0.3, 0.4) is 0 Å². The van der Waals surface area contributed by atoms with Gasteiger partial charge in [-0.3, -0.25) is 14.9 Å². The Bertz CT molecular complexity index is 762. The highest BCUT2D eigenvalue weighted by molar-refractivity contribution is 5.93. The zero-order valence-electron chi connectivity index (χ0n) is 16.4. The third kappa shape index (κ3) is 4.26. The van der Waals surface area contributed by atoms with Crippen molar-refractivity contribution in [2.24, 2.45) is 5.92 Å². The molecule has 1 aromatic carbocycles. The molecular formula is C20H27N3O5. The topological polar surface area (TPSA) is 93.0 Å². The van der Waals surface area contributed by atoms with Gasteiger partial charge in [0.15, 0.2) is 6.61 Å². The Balaban J connectivity index is 1.64. The highest BCUT2D eigenvalue weighted by atomic mass is 16.6. The Morgan fingerprint density at radius 2 is 1.93 bits per heavy atom. The standard InChI is InChI=1S/C20H27N3O5/c1-21(2)17-10-9-15(12-18(17)23(26)27)20(25)28-13-19(24)22-11-5-7-14-6-3-4-8-16(14)22/h9-10,12,14,16H,3-8,11,13H2,1-2H3/t14-,16-/m1/s1. The summed E-state index contributed by atoms with van der Waals surface area (Å²) in [7, 11) is 3.38. The van der Waals surface area contributed by atoms with Crippen LogP contribution in [-0.2, 0) is 9.53 Å². The Morgan fingerprint density at radius 3 is 2.64 bits per heavy atom. The van der Waals surface area contributed by atoms with Crippen LogP contribution >= 0.6 is 0 Å². The van der Waals surface area contributed by atoms with Crippen molar-refractivity contribution in [2.75, 3.05) is 32.1 Å². The van der Waals surface area contributed by atoms with Crippen molar-refractivity contribution in [2.45, 2.75) is 44.6 Å². The second-order valence-electron chi connectivity index (χ2n) is 7.77. The molecule has 0 radical (unpaired) electrons. The second kappa shape index (κ2) is 8.58. The van der Waals surface area contributed by atoms with Gasteiger partial charge in [-0.1, -0.05) is 12.8 Å². The zero-order chi connectivity index (χ0) is 20.3. The number of carbonyl (C=O) groups is 2. The van der Waals surface area contributed by atoms with E-state index in [1.54, 1.807) is 19.0 Å². The molecular weight excluding hydrogens is 362 g/mol. The number of likely N-dealkylation sites (tertiary alicyclic amines) is 1. The first-order valence-corrected chi connectivity index (χ1v) is 9.81. The van der Waals surface area contributed by atoms with Gasteiger partial charge in [-0.05, 0) is 43.7 Å². The largest absolute Gasteiger partial charge is 0.452 e. The zero-order valence-corrected chi connectivity index (χ0v) is 16.4. The molecule has 0 spiro atoms. The minimum absolute atomic E-state index is 0.0688. The molecule has 0 N–H and O–H groups in total. The van der Waals surface area contributed by atoms with Gasteiger partial charge in [0.05, 0.1) is 10.5 Å². The monoisotopic (exact) mass is 389 g/mol. The number of rotatable bonds is 5.